The maximum absolute atomic E-state index is 11.6. The van der Waals surface area contributed by atoms with Crippen LogP contribution >= 0.6 is 11.8 Å². The van der Waals surface area contributed by atoms with Gasteiger partial charge in [0.15, 0.2) is 5.16 Å². The number of nitrogens with two attached hydrogens (primary N) is 1. The molecule has 0 amide bonds. The molecule has 1 saturated carbocycles. The molecule has 0 unspecified atom stereocenters. The van der Waals surface area contributed by atoms with Gasteiger partial charge in [-0.15, -0.1) is 5.10 Å². The van der Waals surface area contributed by atoms with Crippen molar-refractivity contribution in [2.24, 2.45) is 11.1 Å². The summed E-state index contributed by atoms with van der Waals surface area (Å²) in [5, 5.41) is 14.9. The van der Waals surface area contributed by atoms with Crippen molar-refractivity contribution in [3.05, 3.63) is 10.5 Å². The van der Waals surface area contributed by atoms with Gasteiger partial charge in [-0.25, -0.2) is 9.89 Å². The van der Waals surface area contributed by atoms with Gasteiger partial charge < -0.3 is 5.73 Å². The molecule has 0 aliphatic heterocycles. The zero-order valence-corrected chi connectivity index (χ0v) is 12.9. The van der Waals surface area contributed by atoms with E-state index < -0.39 is 0 Å². The van der Waals surface area contributed by atoms with Crippen LogP contribution in [-0.4, -0.2) is 26.4 Å². The summed E-state index contributed by atoms with van der Waals surface area (Å²) in [6.07, 6.45) is 5.14. The Hall–Kier alpha value is -1.24. The second kappa shape index (κ2) is 6.03. The highest BCUT2D eigenvalue weighted by molar-refractivity contribution is 7.99. The van der Waals surface area contributed by atoms with Crippen LogP contribution in [0.1, 0.15) is 52.0 Å². The fourth-order valence-corrected chi connectivity index (χ4v) is 3.03. The Balaban J connectivity index is 1.74. The van der Waals surface area contributed by atoms with E-state index in [4.69, 9.17) is 11.1 Å². The van der Waals surface area contributed by atoms with Gasteiger partial charge in [0.25, 0.3) is 0 Å². The predicted molar refractivity (Wildman–Crippen MR) is 81.4 cm³/mol. The first kappa shape index (κ1) is 15.2. The van der Waals surface area contributed by atoms with Gasteiger partial charge in [0.1, 0.15) is 0 Å². The first-order valence-corrected chi connectivity index (χ1v) is 8.04. The smallest absolute Gasteiger partial charge is 0.344 e. The molecule has 1 aromatic rings. The molecule has 1 aliphatic rings. The monoisotopic (exact) mass is 297 g/mol. The molecule has 2 rings (SSSR count). The average molecular weight is 297 g/mol. The van der Waals surface area contributed by atoms with Gasteiger partial charge in [0.2, 0.25) is 0 Å². The van der Waals surface area contributed by atoms with Gasteiger partial charge in [0, 0.05) is 17.2 Å². The number of hydrogen-bond acceptors (Lipinski definition) is 4. The van der Waals surface area contributed by atoms with Crippen molar-refractivity contribution in [1.82, 2.24) is 14.8 Å². The van der Waals surface area contributed by atoms with E-state index in [0.717, 1.165) is 43.0 Å². The zero-order chi connectivity index (χ0) is 14.8. The number of nitrogens with zero attached hydrogens (tertiary/aromatic N) is 2. The highest BCUT2D eigenvalue weighted by atomic mass is 32.2. The van der Waals surface area contributed by atoms with E-state index >= 15 is 0 Å². The van der Waals surface area contributed by atoms with Crippen LogP contribution in [0.2, 0.25) is 0 Å². The van der Waals surface area contributed by atoms with Crippen LogP contribution in [0.4, 0.5) is 0 Å². The van der Waals surface area contributed by atoms with Crippen molar-refractivity contribution in [3.63, 3.8) is 0 Å². The van der Waals surface area contributed by atoms with Crippen molar-refractivity contribution in [1.29, 1.82) is 5.41 Å². The van der Waals surface area contributed by atoms with Crippen molar-refractivity contribution in [2.75, 3.05) is 5.75 Å². The maximum atomic E-state index is 11.6. The van der Waals surface area contributed by atoms with Crippen LogP contribution in [0.25, 0.3) is 0 Å². The van der Waals surface area contributed by atoms with Gasteiger partial charge in [-0.3, -0.25) is 9.98 Å². The average Bonchev–Trinajstić information content (AvgIpc) is 3.13. The lowest BCUT2D eigenvalue weighted by Crippen LogP contribution is -2.30. The summed E-state index contributed by atoms with van der Waals surface area (Å²) in [4.78, 5) is 11.6. The van der Waals surface area contributed by atoms with E-state index in [1.54, 1.807) is 16.3 Å². The van der Waals surface area contributed by atoms with Crippen LogP contribution in [0, 0.1) is 10.8 Å². The highest BCUT2D eigenvalue weighted by Crippen LogP contribution is 2.36. The van der Waals surface area contributed by atoms with Crippen LogP contribution < -0.4 is 11.4 Å². The van der Waals surface area contributed by atoms with Crippen molar-refractivity contribution < 1.29 is 0 Å². The summed E-state index contributed by atoms with van der Waals surface area (Å²) in [5.74, 6) is 1.19. The quantitative estimate of drug-likeness (QED) is 0.296. The molecule has 1 heterocycles. The fraction of sp³-hybridized carbons (Fsp3) is 0.769. The minimum Gasteiger partial charge on any atom is -0.387 e. The second-order valence-corrected chi connectivity index (χ2v) is 7.08. The molecule has 0 aromatic carbocycles. The van der Waals surface area contributed by atoms with Crippen molar-refractivity contribution in [2.45, 2.75) is 57.1 Å². The molecule has 6 nitrogen and oxygen atoms in total. The fourth-order valence-electron chi connectivity index (χ4n) is 2.01. The van der Waals surface area contributed by atoms with Crippen molar-refractivity contribution in [3.8, 4) is 0 Å². The summed E-state index contributed by atoms with van der Waals surface area (Å²) in [7, 11) is 0. The molecule has 0 spiro atoms. The third-order valence-electron chi connectivity index (χ3n) is 3.74. The Morgan fingerprint density at radius 3 is 2.85 bits per heavy atom. The molecule has 1 fully saturated rings. The Labute approximate surface area is 123 Å². The second-order valence-electron chi connectivity index (χ2n) is 6.02. The lowest BCUT2D eigenvalue weighted by atomic mass is 9.86. The first-order chi connectivity index (χ1) is 9.42. The van der Waals surface area contributed by atoms with E-state index in [-0.39, 0.29) is 16.9 Å². The number of hydrogen-bond donors (Lipinski definition) is 3. The summed E-state index contributed by atoms with van der Waals surface area (Å²) in [6.45, 7) is 4.00. The molecule has 0 saturated heterocycles. The van der Waals surface area contributed by atoms with Gasteiger partial charge >= 0.3 is 5.69 Å². The largest absolute Gasteiger partial charge is 0.387 e. The molecule has 112 valence electrons. The molecule has 4 N–H and O–H groups in total. The van der Waals surface area contributed by atoms with Crippen LogP contribution in [-0.2, 0) is 0 Å². The number of aromatic amines is 1. The Morgan fingerprint density at radius 1 is 1.55 bits per heavy atom. The number of nitrogens with one attached hydrogen (secondary N) is 2. The highest BCUT2D eigenvalue weighted by Gasteiger charge is 2.28. The van der Waals surface area contributed by atoms with Gasteiger partial charge in [-0.1, -0.05) is 32.0 Å². The molecule has 7 heteroatoms. The van der Waals surface area contributed by atoms with Crippen LogP contribution in [0.3, 0.4) is 0 Å². The molecular formula is C13H23N5OS. The van der Waals surface area contributed by atoms with Gasteiger partial charge in [-0.05, 0) is 25.7 Å². The molecule has 1 aliphatic carbocycles. The Bertz CT molecular complexity index is 529. The lowest BCUT2D eigenvalue weighted by molar-refractivity contribution is 0.448. The Morgan fingerprint density at radius 2 is 2.25 bits per heavy atom. The lowest BCUT2D eigenvalue weighted by Gasteiger charge is -2.22. The molecule has 20 heavy (non-hydrogen) atoms. The summed E-state index contributed by atoms with van der Waals surface area (Å²) >= 11 is 1.63. The number of aromatic nitrogens is 3. The minimum atomic E-state index is -0.215. The number of unbranched alkanes of at least 4 members (excludes halogenated alkanes) is 1. The molecule has 1 aromatic heterocycles. The van der Waals surface area contributed by atoms with Crippen LogP contribution in [0.15, 0.2) is 9.95 Å². The number of thioether (sulfide) groups is 1. The van der Waals surface area contributed by atoms with Gasteiger partial charge in [0.05, 0.1) is 5.84 Å². The van der Waals surface area contributed by atoms with E-state index in [9.17, 15) is 4.79 Å². The Kier molecular flexibility index (Phi) is 4.57. The number of amidine groups is 1. The number of rotatable bonds is 8. The SMILES string of the molecule is CC(C)(CCCCSc1n[nH]c(=O)n1C1CC1)C(=N)N. The molecular weight excluding hydrogens is 274 g/mol. The third kappa shape index (κ3) is 3.65. The van der Waals surface area contributed by atoms with Crippen molar-refractivity contribution >= 4 is 17.6 Å². The molecule has 0 bridgehead atoms. The summed E-state index contributed by atoms with van der Waals surface area (Å²) < 4.78 is 1.78. The third-order valence-corrected chi connectivity index (χ3v) is 4.78. The molecule has 0 atom stereocenters. The van der Waals surface area contributed by atoms with E-state index in [1.807, 2.05) is 13.8 Å². The predicted octanol–water partition coefficient (Wildman–Crippen LogP) is 2.13. The normalized spacial score (nSPS) is 15.5. The summed E-state index contributed by atoms with van der Waals surface area (Å²) in [5.41, 5.74) is 5.26. The van der Waals surface area contributed by atoms with Crippen LogP contribution in [0.5, 0.6) is 0 Å². The summed E-state index contributed by atoms with van der Waals surface area (Å²) in [6, 6.07) is 0.361. The van der Waals surface area contributed by atoms with Gasteiger partial charge in [-0.2, -0.15) is 0 Å². The van der Waals surface area contributed by atoms with E-state index in [2.05, 4.69) is 10.2 Å². The minimum absolute atomic E-state index is 0.0901. The number of H-pyrrole nitrogens is 1. The standard InChI is InChI=1S/C13H23N5OS/c1-13(2,10(14)15)7-3-4-8-20-12-17-16-11(19)18(12)9-5-6-9/h9H,3-8H2,1-2H3,(H3,14,15)(H,16,19). The first-order valence-electron chi connectivity index (χ1n) is 7.06. The van der Waals surface area contributed by atoms with E-state index in [1.165, 1.54) is 0 Å². The topological polar surface area (TPSA) is 101 Å². The molecule has 0 radical (unpaired) electrons. The maximum Gasteiger partial charge on any atom is 0.344 e. The zero-order valence-electron chi connectivity index (χ0n) is 12.1. The van der Waals surface area contributed by atoms with E-state index in [0.29, 0.717) is 6.04 Å².